The molecule has 0 spiro atoms. The summed E-state index contributed by atoms with van der Waals surface area (Å²) in [7, 11) is 0. The largest absolute Gasteiger partial charge is 0.283 e. The van der Waals surface area contributed by atoms with E-state index in [9.17, 15) is 4.79 Å². The Morgan fingerprint density at radius 3 is 2.95 bits per heavy atom. The minimum Gasteiger partial charge on any atom is -0.266 e. The van der Waals surface area contributed by atoms with Crippen molar-refractivity contribution in [2.45, 2.75) is 32.6 Å². The maximum Gasteiger partial charge on any atom is 0.283 e. The summed E-state index contributed by atoms with van der Waals surface area (Å²) >= 11 is 7.71. The third kappa shape index (κ3) is 2.97. The number of thiophene rings is 1. The highest BCUT2D eigenvalue weighted by Gasteiger charge is 2.19. The van der Waals surface area contributed by atoms with E-state index in [0.29, 0.717) is 15.8 Å². The lowest BCUT2D eigenvalue weighted by Gasteiger charge is -2.19. The molecule has 1 atom stereocenters. The number of fused-ring (bicyclic) bond motifs is 1. The van der Waals surface area contributed by atoms with Crippen LogP contribution in [0.15, 0.2) is 29.4 Å². The third-order valence-corrected chi connectivity index (χ3v) is 5.61. The topological polar surface area (TPSA) is 41.5 Å². The van der Waals surface area contributed by atoms with Crippen molar-refractivity contribution < 1.29 is 4.79 Å². The Balaban J connectivity index is 1.81. The lowest BCUT2D eigenvalue weighted by molar-refractivity contribution is 0.0958. The Kier molecular flexibility index (Phi) is 4.27. The minimum absolute atomic E-state index is 0.216. The molecule has 1 fully saturated rings. The molecule has 110 valence electrons. The molecule has 1 unspecified atom stereocenters. The summed E-state index contributed by atoms with van der Waals surface area (Å²) in [4.78, 5) is 12.8. The van der Waals surface area contributed by atoms with Crippen LogP contribution in [-0.4, -0.2) is 11.6 Å². The van der Waals surface area contributed by atoms with Crippen LogP contribution in [0.5, 0.6) is 0 Å². The van der Waals surface area contributed by atoms with Gasteiger partial charge in [-0.1, -0.05) is 43.1 Å². The Morgan fingerprint density at radius 2 is 2.19 bits per heavy atom. The molecule has 1 saturated carbocycles. The van der Waals surface area contributed by atoms with Gasteiger partial charge in [0.25, 0.3) is 5.91 Å². The highest BCUT2D eigenvalue weighted by Crippen LogP contribution is 2.35. The average Bonchev–Trinajstić information content (AvgIpc) is 2.84. The molecule has 3 rings (SSSR count). The van der Waals surface area contributed by atoms with Crippen molar-refractivity contribution in [3.05, 3.63) is 34.2 Å². The predicted octanol–water partition coefficient (Wildman–Crippen LogP) is 4.85. The van der Waals surface area contributed by atoms with Crippen molar-refractivity contribution in [3.8, 4) is 0 Å². The molecular weight excluding hydrogens is 304 g/mol. The van der Waals surface area contributed by atoms with E-state index in [1.807, 2.05) is 24.3 Å². The van der Waals surface area contributed by atoms with E-state index in [1.165, 1.54) is 17.8 Å². The number of hydrogen-bond donors (Lipinski definition) is 1. The molecule has 0 bridgehead atoms. The minimum atomic E-state index is -0.216. The number of nitrogens with one attached hydrogen (secondary N) is 1. The first kappa shape index (κ1) is 14.5. The van der Waals surface area contributed by atoms with Gasteiger partial charge in [-0.2, -0.15) is 5.10 Å². The molecule has 1 amide bonds. The number of carbonyl (C=O) groups excluding carboxylic acids is 1. The number of hydrazone groups is 1. The van der Waals surface area contributed by atoms with E-state index in [4.69, 9.17) is 11.6 Å². The molecule has 5 heteroatoms. The van der Waals surface area contributed by atoms with Crippen LogP contribution in [-0.2, 0) is 0 Å². The zero-order valence-corrected chi connectivity index (χ0v) is 13.4. The number of rotatable bonds is 2. The van der Waals surface area contributed by atoms with Gasteiger partial charge in [-0.25, -0.2) is 5.43 Å². The van der Waals surface area contributed by atoms with Crippen molar-refractivity contribution in [1.29, 1.82) is 0 Å². The monoisotopic (exact) mass is 320 g/mol. The summed E-state index contributed by atoms with van der Waals surface area (Å²) in [5, 5.41) is 5.76. The molecule has 1 aliphatic rings. The quantitative estimate of drug-likeness (QED) is 0.789. The number of hydrogen-bond acceptors (Lipinski definition) is 3. The number of halogens is 1. The SMILES string of the molecule is CC1CCCC/C1=N/NC(=O)c1sc2ccccc2c1Cl. The average molecular weight is 321 g/mol. The number of benzene rings is 1. The molecule has 1 N–H and O–H groups in total. The molecule has 0 saturated heterocycles. The van der Waals surface area contributed by atoms with Crippen LogP contribution in [0.4, 0.5) is 0 Å². The molecule has 21 heavy (non-hydrogen) atoms. The van der Waals surface area contributed by atoms with Gasteiger partial charge in [0.1, 0.15) is 4.88 Å². The summed E-state index contributed by atoms with van der Waals surface area (Å²) in [6, 6.07) is 7.77. The van der Waals surface area contributed by atoms with Gasteiger partial charge >= 0.3 is 0 Å². The second-order valence-corrected chi connectivity index (χ2v) is 6.86. The third-order valence-electron chi connectivity index (χ3n) is 3.93. The van der Waals surface area contributed by atoms with Crippen LogP contribution in [0.3, 0.4) is 0 Å². The first-order chi connectivity index (χ1) is 10.2. The molecule has 0 aliphatic heterocycles. The summed E-state index contributed by atoms with van der Waals surface area (Å²) in [5.41, 5.74) is 3.77. The number of carbonyl (C=O) groups is 1. The van der Waals surface area contributed by atoms with Gasteiger partial charge in [0.15, 0.2) is 0 Å². The molecule has 1 heterocycles. The summed E-state index contributed by atoms with van der Waals surface area (Å²) < 4.78 is 1.02. The van der Waals surface area contributed by atoms with Crippen molar-refractivity contribution in [2.75, 3.05) is 0 Å². The van der Waals surface area contributed by atoms with Gasteiger partial charge in [0.05, 0.1) is 5.02 Å². The Morgan fingerprint density at radius 1 is 1.38 bits per heavy atom. The van der Waals surface area contributed by atoms with Crippen molar-refractivity contribution in [3.63, 3.8) is 0 Å². The van der Waals surface area contributed by atoms with E-state index in [1.54, 1.807) is 0 Å². The first-order valence-corrected chi connectivity index (χ1v) is 8.40. The first-order valence-electron chi connectivity index (χ1n) is 7.20. The van der Waals surface area contributed by atoms with Crippen molar-refractivity contribution in [1.82, 2.24) is 5.43 Å². The van der Waals surface area contributed by atoms with Gasteiger partial charge in [-0.15, -0.1) is 11.3 Å². The van der Waals surface area contributed by atoms with Gasteiger partial charge in [-0.05, 0) is 31.2 Å². The van der Waals surface area contributed by atoms with Crippen molar-refractivity contribution >= 4 is 44.6 Å². The normalized spacial score (nSPS) is 20.9. The van der Waals surface area contributed by atoms with Gasteiger partial charge in [0.2, 0.25) is 0 Å². The number of amides is 1. The highest BCUT2D eigenvalue weighted by molar-refractivity contribution is 7.21. The molecule has 2 aromatic rings. The fourth-order valence-corrected chi connectivity index (χ4v) is 4.08. The molecule has 0 radical (unpaired) electrons. The molecular formula is C16H17ClN2OS. The Labute approximate surface area is 133 Å². The molecule has 1 aromatic carbocycles. The molecule has 1 aromatic heterocycles. The maximum absolute atomic E-state index is 12.3. The van der Waals surface area contributed by atoms with Crippen LogP contribution in [0.25, 0.3) is 10.1 Å². The second kappa shape index (κ2) is 6.16. The van der Waals surface area contributed by atoms with Gasteiger partial charge in [-0.3, -0.25) is 4.79 Å². The van der Waals surface area contributed by atoms with Gasteiger partial charge < -0.3 is 0 Å². The van der Waals surface area contributed by atoms with Crippen LogP contribution in [0, 0.1) is 5.92 Å². The fraction of sp³-hybridized carbons (Fsp3) is 0.375. The maximum atomic E-state index is 12.3. The second-order valence-electron chi connectivity index (χ2n) is 5.43. The van der Waals surface area contributed by atoms with Crippen LogP contribution >= 0.6 is 22.9 Å². The van der Waals surface area contributed by atoms with E-state index in [0.717, 1.165) is 35.1 Å². The fourth-order valence-electron chi connectivity index (χ4n) is 2.67. The zero-order valence-electron chi connectivity index (χ0n) is 11.9. The van der Waals surface area contributed by atoms with Gasteiger partial charge in [0, 0.05) is 15.8 Å². The van der Waals surface area contributed by atoms with Crippen LogP contribution < -0.4 is 5.43 Å². The van der Waals surface area contributed by atoms with Crippen molar-refractivity contribution in [2.24, 2.45) is 11.0 Å². The molecule has 3 nitrogen and oxygen atoms in total. The molecule has 1 aliphatic carbocycles. The smallest absolute Gasteiger partial charge is 0.266 e. The van der Waals surface area contributed by atoms with Crippen LogP contribution in [0.1, 0.15) is 42.3 Å². The highest BCUT2D eigenvalue weighted by atomic mass is 35.5. The lowest BCUT2D eigenvalue weighted by Crippen LogP contribution is -2.23. The Hall–Kier alpha value is -1.39. The summed E-state index contributed by atoms with van der Waals surface area (Å²) in [5.74, 6) is 0.239. The van der Waals surface area contributed by atoms with Crippen LogP contribution in [0.2, 0.25) is 5.02 Å². The predicted molar refractivity (Wildman–Crippen MR) is 89.4 cm³/mol. The standard InChI is InChI=1S/C16H17ClN2OS/c1-10-6-2-4-8-12(10)18-19-16(20)15-14(17)11-7-3-5-9-13(11)21-15/h3,5,7,9-10H,2,4,6,8H2,1H3,(H,19,20)/b18-12-. The van der Waals surface area contributed by atoms with E-state index in [2.05, 4.69) is 17.5 Å². The van der Waals surface area contributed by atoms with E-state index < -0.39 is 0 Å². The lowest BCUT2D eigenvalue weighted by atomic mass is 9.89. The number of nitrogens with zero attached hydrogens (tertiary/aromatic N) is 1. The summed E-state index contributed by atoms with van der Waals surface area (Å²) in [6.45, 7) is 2.16. The van der Waals surface area contributed by atoms with E-state index >= 15 is 0 Å². The summed E-state index contributed by atoms with van der Waals surface area (Å²) in [6.07, 6.45) is 4.53. The van der Waals surface area contributed by atoms with E-state index in [-0.39, 0.29) is 5.91 Å². The zero-order chi connectivity index (χ0) is 14.8. The Bertz CT molecular complexity index is 707.